The molecule has 1 aliphatic rings. The Morgan fingerprint density at radius 2 is 1.73 bits per heavy atom. The summed E-state index contributed by atoms with van der Waals surface area (Å²) in [4.78, 5) is 13.8. The van der Waals surface area contributed by atoms with Crippen LogP contribution in [0, 0.1) is 6.92 Å². The van der Waals surface area contributed by atoms with Gasteiger partial charge in [-0.1, -0.05) is 49.1 Å². The summed E-state index contributed by atoms with van der Waals surface area (Å²) < 4.78 is 27.4. The predicted octanol–water partition coefficient (Wildman–Crippen LogP) is 3.24. The first-order chi connectivity index (χ1) is 15.8. The van der Waals surface area contributed by atoms with Crippen molar-refractivity contribution in [3.8, 4) is 11.4 Å². The molecule has 1 saturated carbocycles. The van der Waals surface area contributed by atoms with Crippen LogP contribution in [0.4, 0.5) is 5.69 Å². The van der Waals surface area contributed by atoms with Gasteiger partial charge in [0, 0.05) is 24.3 Å². The summed E-state index contributed by atoms with van der Waals surface area (Å²) in [5.41, 5.74) is 2.45. The van der Waals surface area contributed by atoms with E-state index >= 15 is 0 Å². The van der Waals surface area contributed by atoms with Crippen LogP contribution in [0.2, 0.25) is 0 Å². The molecule has 0 bridgehead atoms. The lowest BCUT2D eigenvalue weighted by atomic mass is 9.96. The molecule has 3 aromatic rings. The highest BCUT2D eigenvalue weighted by atomic mass is 32.2. The smallest absolute Gasteiger partial charge is 0.248 e. The molecule has 174 valence electrons. The fraction of sp³-hybridized carbons (Fsp3) is 0.391. The van der Waals surface area contributed by atoms with Crippen molar-refractivity contribution < 1.29 is 13.2 Å². The lowest BCUT2D eigenvalue weighted by molar-refractivity contribution is -0.117. The third-order valence-electron chi connectivity index (χ3n) is 5.95. The molecule has 9 nitrogen and oxygen atoms in total. The van der Waals surface area contributed by atoms with Gasteiger partial charge in [0.05, 0.1) is 4.90 Å². The molecule has 1 fully saturated rings. The Morgan fingerprint density at radius 1 is 1.06 bits per heavy atom. The molecule has 33 heavy (non-hydrogen) atoms. The van der Waals surface area contributed by atoms with Crippen LogP contribution in [0.5, 0.6) is 0 Å². The molecular formula is C23H28N6O3S. The monoisotopic (exact) mass is 468 g/mol. The van der Waals surface area contributed by atoms with Crippen molar-refractivity contribution in [1.82, 2.24) is 24.5 Å². The minimum absolute atomic E-state index is 0.0445. The Bertz CT molecular complexity index is 1200. The highest BCUT2D eigenvalue weighted by molar-refractivity contribution is 7.89. The standard InChI is InChI=1S/C23H28N6O3S/c1-17-8-10-18(11-9-17)23-25-27-29(26-23)16-22(30)24-19-12-14-21(15-13-19)33(31,32)28(2)20-6-4-3-5-7-20/h8-15,20H,3-7,16H2,1-2H3,(H,24,30). The van der Waals surface area contributed by atoms with E-state index in [1.54, 1.807) is 19.2 Å². The predicted molar refractivity (Wildman–Crippen MR) is 125 cm³/mol. The summed E-state index contributed by atoms with van der Waals surface area (Å²) in [6, 6.07) is 14.0. The average molecular weight is 469 g/mol. The molecule has 2 aromatic carbocycles. The van der Waals surface area contributed by atoms with Crippen LogP contribution in [0.3, 0.4) is 0 Å². The van der Waals surface area contributed by atoms with Crippen LogP contribution >= 0.6 is 0 Å². The largest absolute Gasteiger partial charge is 0.324 e. The molecule has 1 aliphatic carbocycles. The van der Waals surface area contributed by atoms with Gasteiger partial charge in [-0.25, -0.2) is 8.42 Å². The minimum Gasteiger partial charge on any atom is -0.324 e. The lowest BCUT2D eigenvalue weighted by Gasteiger charge is -2.30. The van der Waals surface area contributed by atoms with E-state index in [9.17, 15) is 13.2 Å². The third kappa shape index (κ3) is 5.45. The molecule has 1 N–H and O–H groups in total. The molecule has 0 radical (unpaired) electrons. The molecule has 0 aliphatic heterocycles. The van der Waals surface area contributed by atoms with E-state index in [0.717, 1.165) is 43.2 Å². The Hall–Kier alpha value is -3.11. The normalized spacial score (nSPS) is 15.0. The number of nitrogens with one attached hydrogen (secondary N) is 1. The van der Waals surface area contributed by atoms with Crippen molar-refractivity contribution in [3.05, 3.63) is 54.1 Å². The van der Waals surface area contributed by atoms with Crippen molar-refractivity contribution >= 4 is 21.6 Å². The van der Waals surface area contributed by atoms with E-state index < -0.39 is 10.0 Å². The number of hydrogen-bond acceptors (Lipinski definition) is 6. The number of carbonyl (C=O) groups is 1. The van der Waals surface area contributed by atoms with Gasteiger partial charge in [-0.2, -0.15) is 9.10 Å². The third-order valence-corrected chi connectivity index (χ3v) is 7.88. The molecule has 10 heteroatoms. The van der Waals surface area contributed by atoms with Gasteiger partial charge in [0.25, 0.3) is 0 Å². The second kappa shape index (κ2) is 9.80. The van der Waals surface area contributed by atoms with Gasteiger partial charge < -0.3 is 5.32 Å². The van der Waals surface area contributed by atoms with Crippen molar-refractivity contribution in [2.45, 2.75) is 56.5 Å². The second-order valence-electron chi connectivity index (χ2n) is 8.40. The number of tetrazole rings is 1. The summed E-state index contributed by atoms with van der Waals surface area (Å²) in [6.45, 7) is 1.89. The van der Waals surface area contributed by atoms with Gasteiger partial charge in [-0.05, 0) is 49.2 Å². The number of amides is 1. The Labute approximate surface area is 193 Å². The second-order valence-corrected chi connectivity index (χ2v) is 10.4. The zero-order chi connectivity index (χ0) is 23.4. The van der Waals surface area contributed by atoms with E-state index in [4.69, 9.17) is 0 Å². The molecule has 0 saturated heterocycles. The van der Waals surface area contributed by atoms with E-state index in [0.29, 0.717) is 11.5 Å². The number of aromatic nitrogens is 4. The van der Waals surface area contributed by atoms with E-state index in [2.05, 4.69) is 20.7 Å². The van der Waals surface area contributed by atoms with Crippen molar-refractivity contribution in [3.63, 3.8) is 0 Å². The summed E-state index contributed by atoms with van der Waals surface area (Å²) >= 11 is 0. The van der Waals surface area contributed by atoms with Crippen molar-refractivity contribution in [2.24, 2.45) is 0 Å². The highest BCUT2D eigenvalue weighted by Crippen LogP contribution is 2.27. The maximum Gasteiger partial charge on any atom is 0.248 e. The van der Waals surface area contributed by atoms with Gasteiger partial charge in [-0.3, -0.25) is 4.79 Å². The molecule has 1 aromatic heterocycles. The Morgan fingerprint density at radius 3 is 2.39 bits per heavy atom. The summed E-state index contributed by atoms with van der Waals surface area (Å²) in [6.07, 6.45) is 5.07. The fourth-order valence-corrected chi connectivity index (χ4v) is 5.39. The molecule has 4 rings (SSSR count). The molecule has 1 amide bonds. The molecule has 0 atom stereocenters. The van der Waals surface area contributed by atoms with E-state index in [1.165, 1.54) is 21.2 Å². The van der Waals surface area contributed by atoms with Crippen molar-refractivity contribution in [1.29, 1.82) is 0 Å². The fourth-order valence-electron chi connectivity index (χ4n) is 3.97. The number of benzene rings is 2. The molecule has 0 spiro atoms. The Kier molecular flexibility index (Phi) is 6.85. The van der Waals surface area contributed by atoms with Gasteiger partial charge in [-0.15, -0.1) is 10.2 Å². The van der Waals surface area contributed by atoms with Crippen LogP contribution in [-0.4, -0.2) is 51.9 Å². The first-order valence-corrected chi connectivity index (χ1v) is 12.5. The zero-order valence-electron chi connectivity index (χ0n) is 18.8. The average Bonchev–Trinajstić information content (AvgIpc) is 3.28. The number of rotatable bonds is 7. The highest BCUT2D eigenvalue weighted by Gasteiger charge is 2.28. The van der Waals surface area contributed by atoms with Gasteiger partial charge in [0.2, 0.25) is 21.8 Å². The lowest BCUT2D eigenvalue weighted by Crippen LogP contribution is -2.38. The Balaban J connectivity index is 1.37. The van der Waals surface area contributed by atoms with Crippen LogP contribution in [0.15, 0.2) is 53.4 Å². The van der Waals surface area contributed by atoms with Crippen molar-refractivity contribution in [2.75, 3.05) is 12.4 Å². The number of sulfonamides is 1. The number of hydrogen-bond donors (Lipinski definition) is 1. The zero-order valence-corrected chi connectivity index (χ0v) is 19.6. The molecule has 1 heterocycles. The summed E-state index contributed by atoms with van der Waals surface area (Å²) in [7, 11) is -1.92. The number of carbonyl (C=O) groups excluding carboxylic acids is 1. The topological polar surface area (TPSA) is 110 Å². The van der Waals surface area contributed by atoms with E-state index in [-0.39, 0.29) is 23.4 Å². The molecule has 0 unspecified atom stereocenters. The van der Waals surface area contributed by atoms with Gasteiger partial charge in [0.1, 0.15) is 6.54 Å². The number of aryl methyl sites for hydroxylation is 1. The van der Waals surface area contributed by atoms with Gasteiger partial charge in [0.15, 0.2) is 0 Å². The van der Waals surface area contributed by atoms with E-state index in [1.807, 2.05) is 31.2 Å². The minimum atomic E-state index is -3.57. The van der Waals surface area contributed by atoms with Crippen LogP contribution in [-0.2, 0) is 21.4 Å². The van der Waals surface area contributed by atoms with Crippen LogP contribution in [0.25, 0.3) is 11.4 Å². The van der Waals surface area contributed by atoms with Gasteiger partial charge >= 0.3 is 0 Å². The number of nitrogens with zero attached hydrogens (tertiary/aromatic N) is 5. The van der Waals surface area contributed by atoms with Crippen LogP contribution in [0.1, 0.15) is 37.7 Å². The maximum absolute atomic E-state index is 13.0. The first-order valence-electron chi connectivity index (χ1n) is 11.1. The summed E-state index contributed by atoms with van der Waals surface area (Å²) in [5, 5.41) is 14.9. The summed E-state index contributed by atoms with van der Waals surface area (Å²) in [5.74, 6) is 0.109. The van der Waals surface area contributed by atoms with Crippen LogP contribution < -0.4 is 5.32 Å². The molecular weight excluding hydrogens is 440 g/mol. The quantitative estimate of drug-likeness (QED) is 0.570. The SMILES string of the molecule is Cc1ccc(-c2nnn(CC(=O)Nc3ccc(S(=O)(=O)N(C)C4CCCCC4)cc3)n2)cc1. The maximum atomic E-state index is 13.0. The number of anilines is 1. The first kappa shape index (κ1) is 23.1.